The van der Waals surface area contributed by atoms with Crippen molar-refractivity contribution in [1.82, 2.24) is 9.97 Å². The zero-order chi connectivity index (χ0) is 20.4. The molecule has 1 N–H and O–H groups in total. The molecule has 0 aliphatic heterocycles. The highest BCUT2D eigenvalue weighted by Gasteiger charge is 2.11. The average Bonchev–Trinajstić information content (AvgIpc) is 2.74. The van der Waals surface area contributed by atoms with Crippen molar-refractivity contribution in [2.24, 2.45) is 0 Å². The summed E-state index contributed by atoms with van der Waals surface area (Å²) in [4.78, 5) is 30.5. The molecule has 0 unspecified atom stereocenters. The number of hydrogen-bond donors (Lipinski definition) is 1. The second kappa shape index (κ2) is 7.35. The molecule has 0 aliphatic rings. The van der Waals surface area contributed by atoms with E-state index in [1.807, 2.05) is 24.3 Å². The molecule has 3 aromatic carbocycles. The van der Waals surface area contributed by atoms with Gasteiger partial charge in [-0.1, -0.05) is 24.3 Å². The largest absolute Gasteiger partial charge is 0.545 e. The summed E-state index contributed by atoms with van der Waals surface area (Å²) < 4.78 is 0. The Kier molecular flexibility index (Phi) is 4.58. The van der Waals surface area contributed by atoms with Crippen molar-refractivity contribution in [3.05, 3.63) is 88.5 Å². The van der Waals surface area contributed by atoms with Gasteiger partial charge in [-0.15, -0.1) is 0 Å². The number of carboxylic acid groups (broad SMARTS) is 1. The highest BCUT2D eigenvalue weighted by atomic mass is 16.6. The number of nitro groups is 1. The number of benzene rings is 3. The van der Waals surface area contributed by atoms with E-state index in [1.54, 1.807) is 24.3 Å². The average molecular weight is 385 g/mol. The van der Waals surface area contributed by atoms with Gasteiger partial charge >= 0.3 is 0 Å². The first-order chi connectivity index (χ1) is 14.0. The second-order valence-corrected chi connectivity index (χ2v) is 6.21. The Hall–Kier alpha value is -4.33. The molecular weight excluding hydrogens is 372 g/mol. The van der Waals surface area contributed by atoms with E-state index in [-0.39, 0.29) is 11.3 Å². The van der Waals surface area contributed by atoms with Crippen LogP contribution in [-0.4, -0.2) is 20.9 Å². The predicted octanol–water partition coefficient (Wildman–Crippen LogP) is 3.31. The molecule has 0 spiro atoms. The number of carbonyl (C=O) groups is 1. The van der Waals surface area contributed by atoms with Crippen LogP contribution in [0.4, 0.5) is 17.2 Å². The quantitative estimate of drug-likeness (QED) is 0.413. The minimum absolute atomic E-state index is 0.0131. The number of anilines is 2. The van der Waals surface area contributed by atoms with Gasteiger partial charge in [0.15, 0.2) is 5.82 Å². The molecule has 0 atom stereocenters. The van der Waals surface area contributed by atoms with Gasteiger partial charge in [0.2, 0.25) is 0 Å². The SMILES string of the molecule is O=C([O-])c1ccc(Nc2nc(-c3ccc([N+](=O)[O-])cc3)nc3ccccc23)cc1. The fourth-order valence-electron chi connectivity index (χ4n) is 2.86. The third-order valence-corrected chi connectivity index (χ3v) is 4.32. The molecule has 4 rings (SSSR count). The number of para-hydroxylation sites is 1. The molecule has 29 heavy (non-hydrogen) atoms. The molecule has 8 heteroatoms. The summed E-state index contributed by atoms with van der Waals surface area (Å²) in [5.74, 6) is -0.304. The maximum Gasteiger partial charge on any atom is 0.269 e. The van der Waals surface area contributed by atoms with E-state index in [9.17, 15) is 20.0 Å². The van der Waals surface area contributed by atoms with Crippen LogP contribution in [0.1, 0.15) is 10.4 Å². The van der Waals surface area contributed by atoms with Crippen LogP contribution in [0, 0.1) is 10.1 Å². The van der Waals surface area contributed by atoms with Gasteiger partial charge < -0.3 is 15.2 Å². The first-order valence-electron chi connectivity index (χ1n) is 8.61. The van der Waals surface area contributed by atoms with Gasteiger partial charge in [0, 0.05) is 28.8 Å². The summed E-state index contributed by atoms with van der Waals surface area (Å²) in [5, 5.41) is 25.7. The number of rotatable bonds is 5. The van der Waals surface area contributed by atoms with Crippen molar-refractivity contribution in [3.8, 4) is 11.4 Å². The summed E-state index contributed by atoms with van der Waals surface area (Å²) in [6.45, 7) is 0. The Morgan fingerprint density at radius 1 is 0.897 bits per heavy atom. The summed E-state index contributed by atoms with van der Waals surface area (Å²) in [6.07, 6.45) is 0. The molecule has 142 valence electrons. The number of hydrogen-bond acceptors (Lipinski definition) is 7. The fourth-order valence-corrected chi connectivity index (χ4v) is 2.86. The fraction of sp³-hybridized carbons (Fsp3) is 0. The molecule has 0 aliphatic carbocycles. The Labute approximate surface area is 164 Å². The number of aromatic carboxylic acids is 1. The van der Waals surface area contributed by atoms with Crippen LogP contribution in [0.5, 0.6) is 0 Å². The maximum atomic E-state index is 10.9. The predicted molar refractivity (Wildman–Crippen MR) is 106 cm³/mol. The molecule has 1 aromatic heterocycles. The maximum absolute atomic E-state index is 10.9. The smallest absolute Gasteiger partial charge is 0.269 e. The summed E-state index contributed by atoms with van der Waals surface area (Å²) in [7, 11) is 0. The molecule has 0 bridgehead atoms. The second-order valence-electron chi connectivity index (χ2n) is 6.21. The topological polar surface area (TPSA) is 121 Å². The molecule has 1 heterocycles. The van der Waals surface area contributed by atoms with E-state index in [4.69, 9.17) is 0 Å². The number of nitro benzene ring substituents is 1. The van der Waals surface area contributed by atoms with Crippen molar-refractivity contribution in [2.45, 2.75) is 0 Å². The minimum Gasteiger partial charge on any atom is -0.545 e. The monoisotopic (exact) mass is 385 g/mol. The Morgan fingerprint density at radius 2 is 1.59 bits per heavy atom. The lowest BCUT2D eigenvalue weighted by atomic mass is 10.1. The molecule has 0 fully saturated rings. The third-order valence-electron chi connectivity index (χ3n) is 4.32. The lowest BCUT2D eigenvalue weighted by Gasteiger charge is -2.12. The van der Waals surface area contributed by atoms with E-state index < -0.39 is 10.9 Å². The van der Waals surface area contributed by atoms with Crippen LogP contribution in [-0.2, 0) is 0 Å². The van der Waals surface area contributed by atoms with E-state index in [0.29, 0.717) is 28.4 Å². The zero-order valence-corrected chi connectivity index (χ0v) is 14.9. The van der Waals surface area contributed by atoms with E-state index in [0.717, 1.165) is 5.39 Å². The molecule has 0 radical (unpaired) electrons. The normalized spacial score (nSPS) is 10.6. The van der Waals surface area contributed by atoms with Crippen LogP contribution in [0.3, 0.4) is 0 Å². The van der Waals surface area contributed by atoms with E-state index in [2.05, 4.69) is 15.3 Å². The first kappa shape index (κ1) is 18.1. The van der Waals surface area contributed by atoms with Crippen molar-refractivity contribution in [2.75, 3.05) is 5.32 Å². The highest BCUT2D eigenvalue weighted by Crippen LogP contribution is 2.28. The number of nitrogens with one attached hydrogen (secondary N) is 1. The van der Waals surface area contributed by atoms with Crippen molar-refractivity contribution < 1.29 is 14.8 Å². The van der Waals surface area contributed by atoms with Crippen LogP contribution >= 0.6 is 0 Å². The van der Waals surface area contributed by atoms with E-state index in [1.165, 1.54) is 24.3 Å². The first-order valence-corrected chi connectivity index (χ1v) is 8.61. The number of aromatic nitrogens is 2. The van der Waals surface area contributed by atoms with Gasteiger partial charge in [-0.3, -0.25) is 10.1 Å². The van der Waals surface area contributed by atoms with Crippen LogP contribution in [0.2, 0.25) is 0 Å². The number of carboxylic acids is 1. The molecule has 4 aromatic rings. The number of nitrogens with zero attached hydrogens (tertiary/aromatic N) is 3. The van der Waals surface area contributed by atoms with Gasteiger partial charge in [0.05, 0.1) is 16.4 Å². The molecule has 0 saturated carbocycles. The summed E-state index contributed by atoms with van der Waals surface area (Å²) in [5.41, 5.74) is 2.05. The van der Waals surface area contributed by atoms with Crippen LogP contribution in [0.25, 0.3) is 22.3 Å². The highest BCUT2D eigenvalue weighted by molar-refractivity contribution is 5.92. The molecule has 0 saturated heterocycles. The van der Waals surface area contributed by atoms with Crippen LogP contribution < -0.4 is 10.4 Å². The van der Waals surface area contributed by atoms with Gasteiger partial charge in [0.1, 0.15) is 5.82 Å². The molecule has 8 nitrogen and oxygen atoms in total. The third kappa shape index (κ3) is 3.72. The number of fused-ring (bicyclic) bond motifs is 1. The number of carbonyl (C=O) groups excluding carboxylic acids is 1. The number of non-ortho nitro benzene ring substituents is 1. The van der Waals surface area contributed by atoms with Gasteiger partial charge in [0.25, 0.3) is 5.69 Å². The molecular formula is C21H13N4O4-. The van der Waals surface area contributed by atoms with Crippen molar-refractivity contribution in [1.29, 1.82) is 0 Å². The van der Waals surface area contributed by atoms with Crippen molar-refractivity contribution >= 4 is 34.1 Å². The Morgan fingerprint density at radius 3 is 2.24 bits per heavy atom. The summed E-state index contributed by atoms with van der Waals surface area (Å²) >= 11 is 0. The zero-order valence-electron chi connectivity index (χ0n) is 14.9. The standard InChI is InChI=1S/C21H14N4O4/c26-21(27)14-5-9-15(10-6-14)22-20-17-3-1-2-4-18(17)23-19(24-20)13-7-11-16(12-8-13)25(28)29/h1-12H,(H,26,27)(H,22,23,24)/p-1. The lowest BCUT2D eigenvalue weighted by Crippen LogP contribution is -2.21. The van der Waals surface area contributed by atoms with Gasteiger partial charge in [-0.25, -0.2) is 9.97 Å². The Bertz CT molecular complexity index is 1220. The van der Waals surface area contributed by atoms with Crippen LogP contribution in [0.15, 0.2) is 72.8 Å². The summed E-state index contributed by atoms with van der Waals surface area (Å²) in [6, 6.07) is 19.6. The lowest BCUT2D eigenvalue weighted by molar-refractivity contribution is -0.384. The van der Waals surface area contributed by atoms with Gasteiger partial charge in [-0.05, 0) is 42.0 Å². The van der Waals surface area contributed by atoms with E-state index >= 15 is 0 Å². The van der Waals surface area contributed by atoms with Crippen molar-refractivity contribution in [3.63, 3.8) is 0 Å². The molecule has 0 amide bonds. The minimum atomic E-state index is -1.25. The Balaban J connectivity index is 1.76. The van der Waals surface area contributed by atoms with Gasteiger partial charge in [-0.2, -0.15) is 0 Å².